The summed E-state index contributed by atoms with van der Waals surface area (Å²) in [6.07, 6.45) is 3.05. The summed E-state index contributed by atoms with van der Waals surface area (Å²) in [6, 6.07) is 4.31. The molecule has 0 spiro atoms. The van der Waals surface area contributed by atoms with Gasteiger partial charge in [0.15, 0.2) is 0 Å². The minimum absolute atomic E-state index is 0.301. The first-order chi connectivity index (χ1) is 7.88. The number of thiophene rings is 2. The van der Waals surface area contributed by atoms with Crippen LogP contribution in [0.4, 0.5) is 0 Å². The van der Waals surface area contributed by atoms with E-state index < -0.39 is 10.0 Å². The van der Waals surface area contributed by atoms with Crippen LogP contribution in [0.15, 0.2) is 12.1 Å². The fraction of sp³-hybridized carbons (Fsp3) is 0.455. The van der Waals surface area contributed by atoms with Crippen molar-refractivity contribution < 1.29 is 8.42 Å². The highest BCUT2D eigenvalue weighted by molar-refractivity contribution is 7.88. The van der Waals surface area contributed by atoms with Crippen molar-refractivity contribution in [3.05, 3.63) is 21.9 Å². The van der Waals surface area contributed by atoms with E-state index in [0.717, 1.165) is 17.7 Å². The Balaban J connectivity index is 2.01. The molecule has 0 saturated heterocycles. The third-order valence-electron chi connectivity index (χ3n) is 2.93. The monoisotopic (exact) mass is 287 g/mol. The standard InChI is InChI=1S/C11H13NO2S3/c1-7-5-8-9(15-7)6-10(16-8)11(3-4-11)12-17(2,13)14/h5-6,12H,3-4H2,1-2H3. The van der Waals surface area contributed by atoms with Crippen LogP contribution in [0.2, 0.25) is 0 Å². The summed E-state index contributed by atoms with van der Waals surface area (Å²) < 4.78 is 28.0. The Morgan fingerprint density at radius 1 is 1.24 bits per heavy atom. The Hall–Kier alpha value is -0.430. The second-order valence-electron chi connectivity index (χ2n) is 4.65. The molecule has 0 amide bonds. The highest BCUT2D eigenvalue weighted by Crippen LogP contribution is 2.50. The van der Waals surface area contributed by atoms with Crippen molar-refractivity contribution in [2.45, 2.75) is 25.3 Å². The highest BCUT2D eigenvalue weighted by atomic mass is 32.2. The first-order valence-corrected chi connectivity index (χ1v) is 8.90. The Labute approximate surface area is 109 Å². The molecule has 3 nitrogen and oxygen atoms in total. The SMILES string of the molecule is Cc1cc2sc(C3(NS(C)(=O)=O)CC3)cc2s1. The minimum Gasteiger partial charge on any atom is -0.213 e. The summed E-state index contributed by atoms with van der Waals surface area (Å²) in [5.74, 6) is 0. The fourth-order valence-electron chi connectivity index (χ4n) is 2.07. The van der Waals surface area contributed by atoms with E-state index in [0.29, 0.717) is 0 Å². The van der Waals surface area contributed by atoms with E-state index in [2.05, 4.69) is 23.8 Å². The molecule has 1 aliphatic carbocycles. The zero-order valence-electron chi connectivity index (χ0n) is 9.61. The Morgan fingerprint density at radius 2 is 1.88 bits per heavy atom. The number of hydrogen-bond donors (Lipinski definition) is 1. The molecular weight excluding hydrogens is 274 g/mol. The molecule has 0 bridgehead atoms. The molecular formula is C11H13NO2S3. The second kappa shape index (κ2) is 3.54. The molecule has 0 unspecified atom stereocenters. The second-order valence-corrected chi connectivity index (χ2v) is 8.77. The third-order valence-corrected chi connectivity index (χ3v) is 6.11. The molecule has 17 heavy (non-hydrogen) atoms. The smallest absolute Gasteiger partial charge is 0.209 e. The van der Waals surface area contributed by atoms with Crippen LogP contribution in [-0.2, 0) is 15.6 Å². The van der Waals surface area contributed by atoms with Gasteiger partial charge in [0.05, 0.1) is 11.8 Å². The number of nitrogens with one attached hydrogen (secondary N) is 1. The first-order valence-electron chi connectivity index (χ1n) is 5.37. The summed E-state index contributed by atoms with van der Waals surface area (Å²) in [5.41, 5.74) is -0.301. The van der Waals surface area contributed by atoms with Gasteiger partial charge in [0.2, 0.25) is 10.0 Å². The maximum atomic E-state index is 11.4. The van der Waals surface area contributed by atoms with Crippen LogP contribution in [-0.4, -0.2) is 14.7 Å². The van der Waals surface area contributed by atoms with E-state index in [1.807, 2.05) is 0 Å². The fourth-order valence-corrected chi connectivity index (χ4v) is 5.68. The van der Waals surface area contributed by atoms with Gasteiger partial charge in [-0.3, -0.25) is 0 Å². The van der Waals surface area contributed by atoms with Gasteiger partial charge in [-0.05, 0) is 31.9 Å². The number of sulfonamides is 1. The van der Waals surface area contributed by atoms with Crippen molar-refractivity contribution in [2.24, 2.45) is 0 Å². The normalized spacial score (nSPS) is 18.7. The zero-order chi connectivity index (χ0) is 12.3. The van der Waals surface area contributed by atoms with Crippen molar-refractivity contribution in [2.75, 3.05) is 6.26 Å². The van der Waals surface area contributed by atoms with Gasteiger partial charge in [-0.25, -0.2) is 13.1 Å². The van der Waals surface area contributed by atoms with Crippen LogP contribution in [0.1, 0.15) is 22.6 Å². The predicted molar refractivity (Wildman–Crippen MR) is 73.3 cm³/mol. The average molecular weight is 287 g/mol. The van der Waals surface area contributed by atoms with E-state index in [4.69, 9.17) is 0 Å². The number of aryl methyl sites for hydroxylation is 1. The maximum absolute atomic E-state index is 11.4. The van der Waals surface area contributed by atoms with Gasteiger partial charge in [0.1, 0.15) is 0 Å². The molecule has 3 rings (SSSR count). The van der Waals surface area contributed by atoms with E-state index in [9.17, 15) is 8.42 Å². The lowest BCUT2D eigenvalue weighted by Crippen LogP contribution is -2.33. The highest BCUT2D eigenvalue weighted by Gasteiger charge is 2.47. The van der Waals surface area contributed by atoms with E-state index in [1.165, 1.54) is 20.5 Å². The van der Waals surface area contributed by atoms with Gasteiger partial charge in [-0.2, -0.15) is 0 Å². The number of hydrogen-bond acceptors (Lipinski definition) is 4. The lowest BCUT2D eigenvalue weighted by Gasteiger charge is -2.13. The zero-order valence-corrected chi connectivity index (χ0v) is 12.1. The van der Waals surface area contributed by atoms with Crippen LogP contribution >= 0.6 is 22.7 Å². The van der Waals surface area contributed by atoms with Gasteiger partial charge >= 0.3 is 0 Å². The third kappa shape index (κ3) is 2.14. The average Bonchev–Trinajstić information content (AvgIpc) is 2.65. The van der Waals surface area contributed by atoms with E-state index in [1.54, 1.807) is 22.7 Å². The van der Waals surface area contributed by atoms with Crippen LogP contribution in [0.25, 0.3) is 9.40 Å². The quantitative estimate of drug-likeness (QED) is 0.943. The molecule has 2 aromatic heterocycles. The molecule has 2 aromatic rings. The lowest BCUT2D eigenvalue weighted by molar-refractivity contribution is 0.561. The van der Waals surface area contributed by atoms with E-state index >= 15 is 0 Å². The van der Waals surface area contributed by atoms with Crippen molar-refractivity contribution >= 4 is 42.1 Å². The Morgan fingerprint density at radius 3 is 2.41 bits per heavy atom. The van der Waals surface area contributed by atoms with Gasteiger partial charge in [-0.15, -0.1) is 22.7 Å². The summed E-state index contributed by atoms with van der Waals surface area (Å²) in [7, 11) is -3.14. The van der Waals surface area contributed by atoms with Crippen molar-refractivity contribution in [1.29, 1.82) is 0 Å². The molecule has 1 saturated carbocycles. The summed E-state index contributed by atoms with van der Waals surface area (Å²) in [5, 5.41) is 0. The molecule has 1 fully saturated rings. The molecule has 0 aromatic carbocycles. The molecule has 1 aliphatic rings. The number of fused-ring (bicyclic) bond motifs is 1. The molecule has 2 heterocycles. The summed E-state index contributed by atoms with van der Waals surface area (Å²) in [6.45, 7) is 2.10. The Bertz CT molecular complexity index is 645. The topological polar surface area (TPSA) is 46.2 Å². The maximum Gasteiger partial charge on any atom is 0.209 e. The van der Waals surface area contributed by atoms with Crippen molar-refractivity contribution in [3.63, 3.8) is 0 Å². The molecule has 1 N–H and O–H groups in total. The molecule has 0 aliphatic heterocycles. The van der Waals surface area contributed by atoms with Crippen LogP contribution < -0.4 is 4.72 Å². The lowest BCUT2D eigenvalue weighted by atomic mass is 10.2. The van der Waals surface area contributed by atoms with Gasteiger partial charge in [0.25, 0.3) is 0 Å². The summed E-state index contributed by atoms with van der Waals surface area (Å²) >= 11 is 3.48. The molecule has 92 valence electrons. The van der Waals surface area contributed by atoms with Crippen LogP contribution in [0, 0.1) is 6.92 Å². The molecule has 0 atom stereocenters. The van der Waals surface area contributed by atoms with Gasteiger partial charge in [0, 0.05) is 19.2 Å². The largest absolute Gasteiger partial charge is 0.213 e. The molecule has 6 heteroatoms. The van der Waals surface area contributed by atoms with Crippen LogP contribution in [0.3, 0.4) is 0 Å². The van der Waals surface area contributed by atoms with E-state index in [-0.39, 0.29) is 5.54 Å². The number of rotatable bonds is 3. The van der Waals surface area contributed by atoms with Crippen LogP contribution in [0.5, 0.6) is 0 Å². The summed E-state index contributed by atoms with van der Waals surface area (Å²) in [4.78, 5) is 2.46. The first kappa shape index (κ1) is 11.6. The van der Waals surface area contributed by atoms with Crippen molar-refractivity contribution in [3.8, 4) is 0 Å². The minimum atomic E-state index is -3.14. The predicted octanol–water partition coefficient (Wildman–Crippen LogP) is 2.81. The van der Waals surface area contributed by atoms with Crippen molar-refractivity contribution in [1.82, 2.24) is 4.72 Å². The van der Waals surface area contributed by atoms with Gasteiger partial charge in [-0.1, -0.05) is 0 Å². The molecule has 0 radical (unpaired) electrons. The van der Waals surface area contributed by atoms with Gasteiger partial charge < -0.3 is 0 Å². The Kier molecular flexibility index (Phi) is 2.42.